The third-order valence-corrected chi connectivity index (χ3v) is 6.58. The number of benzene rings is 3. The number of nitrogen functional groups attached to an aromatic ring is 1. The van der Waals surface area contributed by atoms with Gasteiger partial charge >= 0.3 is 0 Å². The van der Waals surface area contributed by atoms with E-state index in [1.807, 2.05) is 30.3 Å². The molecule has 0 fully saturated rings. The third kappa shape index (κ3) is 5.62. The van der Waals surface area contributed by atoms with E-state index in [9.17, 15) is 18.8 Å². The number of hydrogen-bond acceptors (Lipinski definition) is 7. The van der Waals surface area contributed by atoms with E-state index in [1.165, 1.54) is 36.3 Å². The van der Waals surface area contributed by atoms with Gasteiger partial charge in [-0.15, -0.1) is 0 Å². The second-order valence-electron chi connectivity index (χ2n) is 8.17. The summed E-state index contributed by atoms with van der Waals surface area (Å²) in [7, 11) is 1.50. The second-order valence-corrected chi connectivity index (χ2v) is 8.94. The number of aromatic nitrogens is 1. The van der Waals surface area contributed by atoms with Crippen molar-refractivity contribution in [2.45, 2.75) is 12.6 Å². The Bertz CT molecular complexity index is 1440. The number of carbonyl (C=O) groups is 3. The Morgan fingerprint density at radius 1 is 1.03 bits per heavy atom. The van der Waals surface area contributed by atoms with E-state index in [1.54, 1.807) is 24.3 Å². The summed E-state index contributed by atoms with van der Waals surface area (Å²) in [5.41, 5.74) is 12.5. The maximum Gasteiger partial charge on any atom is 0.273 e. The standard InChI is InChI=1S/C27H24FN5O4S/c1-37-20-13-11-19(12-14-20)33(27(36)24-21(29)22(25(30)34)32-38-24)23(17-7-9-18(28)10-8-17)26(35)31-15-16-5-3-2-4-6-16/h2-14,23H,15,29H2,1H3,(H2,30,34)(H,31,35). The first-order valence-electron chi connectivity index (χ1n) is 11.4. The Labute approximate surface area is 222 Å². The van der Waals surface area contributed by atoms with Crippen LogP contribution in [0, 0.1) is 5.82 Å². The molecular weight excluding hydrogens is 509 g/mol. The molecule has 1 atom stereocenters. The third-order valence-electron chi connectivity index (χ3n) is 5.73. The zero-order valence-corrected chi connectivity index (χ0v) is 21.1. The molecule has 0 aliphatic heterocycles. The van der Waals surface area contributed by atoms with Crippen molar-refractivity contribution in [1.82, 2.24) is 9.69 Å². The van der Waals surface area contributed by atoms with Crippen LogP contribution in [0.4, 0.5) is 15.8 Å². The predicted octanol–water partition coefficient (Wildman–Crippen LogP) is 3.68. The zero-order valence-electron chi connectivity index (χ0n) is 20.3. The lowest BCUT2D eigenvalue weighted by molar-refractivity contribution is -0.122. The Hall–Kier alpha value is -4.77. The summed E-state index contributed by atoms with van der Waals surface area (Å²) >= 11 is 0.697. The molecule has 5 N–H and O–H groups in total. The molecule has 3 amide bonds. The van der Waals surface area contributed by atoms with Crippen molar-refractivity contribution < 1.29 is 23.5 Å². The van der Waals surface area contributed by atoms with Crippen LogP contribution in [0.5, 0.6) is 5.75 Å². The first-order valence-corrected chi connectivity index (χ1v) is 12.2. The molecule has 11 heteroatoms. The molecule has 38 heavy (non-hydrogen) atoms. The van der Waals surface area contributed by atoms with Crippen molar-refractivity contribution in [2.75, 3.05) is 17.7 Å². The number of rotatable bonds is 9. The van der Waals surface area contributed by atoms with Gasteiger partial charge in [-0.3, -0.25) is 19.3 Å². The fraction of sp³-hybridized carbons (Fsp3) is 0.111. The van der Waals surface area contributed by atoms with Crippen molar-refractivity contribution in [3.8, 4) is 5.75 Å². The average molecular weight is 534 g/mol. The fourth-order valence-electron chi connectivity index (χ4n) is 3.81. The molecule has 1 unspecified atom stereocenters. The summed E-state index contributed by atoms with van der Waals surface area (Å²) in [6.07, 6.45) is 0. The minimum absolute atomic E-state index is 0.0717. The number of nitrogens with one attached hydrogen (secondary N) is 1. The summed E-state index contributed by atoms with van der Waals surface area (Å²) in [6, 6.07) is 19.7. The summed E-state index contributed by atoms with van der Waals surface area (Å²) in [6.45, 7) is 0.191. The van der Waals surface area contributed by atoms with Gasteiger partial charge in [-0.1, -0.05) is 42.5 Å². The Balaban J connectivity index is 1.82. The van der Waals surface area contributed by atoms with Gasteiger partial charge in [0.05, 0.1) is 12.8 Å². The first-order chi connectivity index (χ1) is 18.3. The number of carbonyl (C=O) groups excluding carboxylic acids is 3. The van der Waals surface area contributed by atoms with Crippen LogP contribution < -0.4 is 26.4 Å². The van der Waals surface area contributed by atoms with E-state index in [0.29, 0.717) is 28.5 Å². The molecule has 4 rings (SSSR count). The maximum atomic E-state index is 14.0. The lowest BCUT2D eigenvalue weighted by Gasteiger charge is -2.31. The number of nitrogens with two attached hydrogens (primary N) is 2. The van der Waals surface area contributed by atoms with E-state index < -0.39 is 29.6 Å². The van der Waals surface area contributed by atoms with Gasteiger partial charge in [0.25, 0.3) is 11.8 Å². The zero-order chi connectivity index (χ0) is 27.2. The maximum absolute atomic E-state index is 14.0. The van der Waals surface area contributed by atoms with Crippen LogP contribution in [0.25, 0.3) is 0 Å². The van der Waals surface area contributed by atoms with Crippen molar-refractivity contribution in [2.24, 2.45) is 5.73 Å². The molecule has 1 heterocycles. The summed E-state index contributed by atoms with van der Waals surface area (Å²) in [5, 5.41) is 2.86. The van der Waals surface area contributed by atoms with Crippen LogP contribution in [-0.4, -0.2) is 29.2 Å². The van der Waals surface area contributed by atoms with Gasteiger partial charge in [0.1, 0.15) is 22.5 Å². The Morgan fingerprint density at radius 3 is 2.26 bits per heavy atom. The number of amides is 3. The molecule has 9 nitrogen and oxygen atoms in total. The molecule has 3 aromatic carbocycles. The number of methoxy groups -OCH3 is 1. The smallest absolute Gasteiger partial charge is 0.273 e. The minimum atomic E-state index is -1.24. The van der Waals surface area contributed by atoms with Crippen molar-refractivity contribution in [1.29, 1.82) is 0 Å². The normalized spacial score (nSPS) is 11.4. The van der Waals surface area contributed by atoms with Gasteiger partial charge < -0.3 is 21.5 Å². The van der Waals surface area contributed by atoms with Gasteiger partial charge in [-0.2, -0.15) is 4.37 Å². The Kier molecular flexibility index (Phi) is 7.97. The van der Waals surface area contributed by atoms with E-state index in [0.717, 1.165) is 5.56 Å². The number of primary amides is 1. The highest BCUT2D eigenvalue weighted by Gasteiger charge is 2.36. The number of hydrogen-bond donors (Lipinski definition) is 3. The number of nitrogens with zero attached hydrogens (tertiary/aromatic N) is 2. The number of halogens is 1. The molecule has 0 aliphatic rings. The quantitative estimate of drug-likeness (QED) is 0.300. The summed E-state index contributed by atoms with van der Waals surface area (Å²) in [4.78, 5) is 40.6. The van der Waals surface area contributed by atoms with Crippen LogP contribution in [0.15, 0.2) is 78.9 Å². The molecular formula is C27H24FN5O4S. The van der Waals surface area contributed by atoms with Gasteiger partial charge in [0, 0.05) is 12.2 Å². The molecule has 0 saturated carbocycles. The molecule has 1 aromatic heterocycles. The van der Waals surface area contributed by atoms with E-state index in [-0.39, 0.29) is 22.8 Å². The lowest BCUT2D eigenvalue weighted by atomic mass is 10.0. The highest BCUT2D eigenvalue weighted by molar-refractivity contribution is 7.09. The molecule has 194 valence electrons. The molecule has 0 spiro atoms. The van der Waals surface area contributed by atoms with Gasteiger partial charge in [0.2, 0.25) is 5.91 Å². The topological polar surface area (TPSA) is 141 Å². The Morgan fingerprint density at radius 2 is 1.68 bits per heavy atom. The first kappa shape index (κ1) is 26.3. The highest BCUT2D eigenvalue weighted by Crippen LogP contribution is 2.34. The van der Waals surface area contributed by atoms with Crippen LogP contribution in [-0.2, 0) is 11.3 Å². The lowest BCUT2D eigenvalue weighted by Crippen LogP contribution is -2.44. The minimum Gasteiger partial charge on any atom is -0.497 e. The van der Waals surface area contributed by atoms with Crippen LogP contribution in [0.2, 0.25) is 0 Å². The van der Waals surface area contributed by atoms with E-state index in [4.69, 9.17) is 16.2 Å². The summed E-state index contributed by atoms with van der Waals surface area (Å²) < 4.78 is 23.0. The molecule has 4 aromatic rings. The molecule has 0 radical (unpaired) electrons. The largest absolute Gasteiger partial charge is 0.497 e. The van der Waals surface area contributed by atoms with Crippen molar-refractivity contribution in [3.05, 3.63) is 106 Å². The predicted molar refractivity (Wildman–Crippen MR) is 142 cm³/mol. The van der Waals surface area contributed by atoms with Gasteiger partial charge in [-0.25, -0.2) is 4.39 Å². The van der Waals surface area contributed by atoms with E-state index >= 15 is 0 Å². The van der Waals surface area contributed by atoms with Crippen molar-refractivity contribution in [3.63, 3.8) is 0 Å². The van der Waals surface area contributed by atoms with Crippen LogP contribution in [0.1, 0.15) is 37.3 Å². The van der Waals surface area contributed by atoms with Crippen LogP contribution in [0.3, 0.4) is 0 Å². The number of anilines is 2. The fourth-order valence-corrected chi connectivity index (χ4v) is 4.55. The SMILES string of the molecule is COc1ccc(N(C(=O)c2snc(C(N)=O)c2N)C(C(=O)NCc2ccccc2)c2ccc(F)cc2)cc1. The van der Waals surface area contributed by atoms with Crippen molar-refractivity contribution >= 4 is 40.6 Å². The average Bonchev–Trinajstić information content (AvgIpc) is 3.33. The van der Waals surface area contributed by atoms with Gasteiger partial charge in [-0.05, 0) is 59.1 Å². The highest BCUT2D eigenvalue weighted by atomic mass is 32.1. The molecule has 0 saturated heterocycles. The van der Waals surface area contributed by atoms with E-state index in [2.05, 4.69) is 9.69 Å². The molecule has 0 bridgehead atoms. The van der Waals surface area contributed by atoms with Gasteiger partial charge in [0.15, 0.2) is 5.69 Å². The number of ether oxygens (including phenoxy) is 1. The molecule has 0 aliphatic carbocycles. The summed E-state index contributed by atoms with van der Waals surface area (Å²) in [5.74, 6) is -2.08. The monoisotopic (exact) mass is 533 g/mol. The second kappa shape index (κ2) is 11.5. The van der Waals surface area contributed by atoms with Crippen LogP contribution >= 0.6 is 11.5 Å².